The van der Waals surface area contributed by atoms with Crippen LogP contribution < -0.4 is 5.73 Å². The number of aromatic nitrogens is 1. The number of alkyl halides is 1. The highest BCUT2D eigenvalue weighted by atomic mass is 35.5. The number of para-hydroxylation sites is 1. The minimum Gasteiger partial charge on any atom is -0.386 e. The van der Waals surface area contributed by atoms with Crippen LogP contribution in [0.4, 0.5) is 0 Å². The topological polar surface area (TPSA) is 43.3 Å². The molecular formula is C20H22ClN3. The first kappa shape index (κ1) is 16.6. The van der Waals surface area contributed by atoms with Gasteiger partial charge in [0.15, 0.2) is 0 Å². The normalized spacial score (nSPS) is 12.0. The molecule has 0 aliphatic carbocycles. The van der Waals surface area contributed by atoms with Gasteiger partial charge in [0.25, 0.3) is 0 Å². The van der Waals surface area contributed by atoms with Crippen molar-refractivity contribution in [3.63, 3.8) is 0 Å². The van der Waals surface area contributed by atoms with Crippen LogP contribution in [0.15, 0.2) is 65.8 Å². The molecule has 0 radical (unpaired) electrons. The van der Waals surface area contributed by atoms with Crippen molar-refractivity contribution in [3.05, 3.63) is 71.9 Å². The van der Waals surface area contributed by atoms with Crippen LogP contribution in [0, 0.1) is 0 Å². The summed E-state index contributed by atoms with van der Waals surface area (Å²) in [6.45, 7) is 1.61. The first-order valence-electron chi connectivity index (χ1n) is 8.23. The summed E-state index contributed by atoms with van der Waals surface area (Å²) in [6.07, 6.45) is 4.23. The zero-order valence-electron chi connectivity index (χ0n) is 13.7. The van der Waals surface area contributed by atoms with E-state index in [-0.39, 0.29) is 0 Å². The van der Waals surface area contributed by atoms with E-state index in [4.69, 9.17) is 17.3 Å². The van der Waals surface area contributed by atoms with Gasteiger partial charge >= 0.3 is 0 Å². The van der Waals surface area contributed by atoms with Gasteiger partial charge in [0.2, 0.25) is 0 Å². The Morgan fingerprint density at radius 2 is 1.79 bits per heavy atom. The third-order valence-corrected chi connectivity index (χ3v) is 4.40. The Morgan fingerprint density at radius 1 is 1.04 bits per heavy atom. The van der Waals surface area contributed by atoms with E-state index in [2.05, 4.69) is 70.4 Å². The predicted molar refractivity (Wildman–Crippen MR) is 103 cm³/mol. The molecule has 0 fully saturated rings. The average Bonchev–Trinajstić information content (AvgIpc) is 2.97. The van der Waals surface area contributed by atoms with Gasteiger partial charge in [-0.15, -0.1) is 11.6 Å². The van der Waals surface area contributed by atoms with Gasteiger partial charge in [0.1, 0.15) is 5.84 Å². The fourth-order valence-electron chi connectivity index (χ4n) is 2.97. The quantitative estimate of drug-likeness (QED) is 0.298. The molecule has 0 saturated carbocycles. The molecule has 3 aromatic rings. The number of rotatable bonds is 7. The van der Waals surface area contributed by atoms with Crippen molar-refractivity contribution in [3.8, 4) is 0 Å². The van der Waals surface area contributed by atoms with E-state index in [0.717, 1.165) is 25.9 Å². The van der Waals surface area contributed by atoms with Gasteiger partial charge in [-0.3, -0.25) is 4.99 Å². The first-order valence-corrected chi connectivity index (χ1v) is 8.77. The summed E-state index contributed by atoms with van der Waals surface area (Å²) in [5.41, 5.74) is 9.60. The lowest BCUT2D eigenvalue weighted by Crippen LogP contribution is -2.13. The molecule has 0 spiro atoms. The summed E-state index contributed by atoms with van der Waals surface area (Å²) in [6, 6.07) is 19.1. The highest BCUT2D eigenvalue weighted by Crippen LogP contribution is 2.23. The SMILES string of the molecule is NC(CCl)=NCCCc1cn(Cc2ccccc2)c2ccccc12. The Kier molecular flexibility index (Phi) is 5.55. The third-order valence-electron chi connectivity index (χ3n) is 4.12. The summed E-state index contributed by atoms with van der Waals surface area (Å²) >= 11 is 5.65. The molecular weight excluding hydrogens is 318 g/mol. The lowest BCUT2D eigenvalue weighted by molar-refractivity contribution is 0.806. The summed E-state index contributed by atoms with van der Waals surface area (Å²) in [7, 11) is 0. The van der Waals surface area contributed by atoms with E-state index in [0.29, 0.717) is 11.7 Å². The van der Waals surface area contributed by atoms with Crippen molar-refractivity contribution in [2.24, 2.45) is 10.7 Å². The number of hydrogen-bond donors (Lipinski definition) is 1. The van der Waals surface area contributed by atoms with E-state index < -0.39 is 0 Å². The zero-order chi connectivity index (χ0) is 16.8. The van der Waals surface area contributed by atoms with Gasteiger partial charge in [-0.1, -0.05) is 48.5 Å². The van der Waals surface area contributed by atoms with Crippen LogP contribution in [0.25, 0.3) is 10.9 Å². The largest absolute Gasteiger partial charge is 0.386 e. The van der Waals surface area contributed by atoms with Crippen LogP contribution in [0.2, 0.25) is 0 Å². The highest BCUT2D eigenvalue weighted by molar-refractivity contribution is 6.27. The van der Waals surface area contributed by atoms with E-state index in [1.54, 1.807) is 0 Å². The Bertz CT molecular complexity index is 821. The van der Waals surface area contributed by atoms with E-state index in [9.17, 15) is 0 Å². The monoisotopic (exact) mass is 339 g/mol. The molecule has 1 heterocycles. The number of fused-ring (bicyclic) bond motifs is 1. The number of aliphatic imine (C=N–C) groups is 1. The van der Waals surface area contributed by atoms with Crippen molar-refractivity contribution in [1.82, 2.24) is 4.57 Å². The molecule has 3 nitrogen and oxygen atoms in total. The Labute approximate surface area is 147 Å². The maximum absolute atomic E-state index is 5.65. The van der Waals surface area contributed by atoms with Gasteiger partial charge in [0, 0.05) is 30.2 Å². The first-order chi connectivity index (χ1) is 11.8. The fraction of sp³-hybridized carbons (Fsp3) is 0.250. The van der Waals surface area contributed by atoms with Gasteiger partial charge < -0.3 is 10.3 Å². The lowest BCUT2D eigenvalue weighted by atomic mass is 10.1. The van der Waals surface area contributed by atoms with Crippen LogP contribution in [0.5, 0.6) is 0 Å². The summed E-state index contributed by atoms with van der Waals surface area (Å²) in [4.78, 5) is 4.27. The van der Waals surface area contributed by atoms with Crippen LogP contribution in [0.3, 0.4) is 0 Å². The number of hydrogen-bond acceptors (Lipinski definition) is 1. The number of halogens is 1. The molecule has 0 bridgehead atoms. The van der Waals surface area contributed by atoms with Crippen molar-refractivity contribution >= 4 is 28.3 Å². The molecule has 0 saturated heterocycles. The second-order valence-corrected chi connectivity index (χ2v) is 6.16. The minimum absolute atomic E-state index is 0.302. The Balaban J connectivity index is 1.79. The molecule has 24 heavy (non-hydrogen) atoms. The molecule has 3 rings (SSSR count). The Morgan fingerprint density at radius 3 is 2.58 bits per heavy atom. The second kappa shape index (κ2) is 8.02. The maximum Gasteiger partial charge on any atom is 0.109 e. The van der Waals surface area contributed by atoms with Crippen LogP contribution in [0.1, 0.15) is 17.5 Å². The van der Waals surface area contributed by atoms with E-state index in [1.807, 2.05) is 0 Å². The van der Waals surface area contributed by atoms with Gasteiger partial charge in [0.05, 0.1) is 5.88 Å². The number of nitrogens with zero attached hydrogens (tertiary/aromatic N) is 2. The number of benzene rings is 2. The zero-order valence-corrected chi connectivity index (χ0v) is 14.4. The molecule has 124 valence electrons. The Hall–Kier alpha value is -2.26. The van der Waals surface area contributed by atoms with Crippen LogP contribution in [-0.4, -0.2) is 22.8 Å². The fourth-order valence-corrected chi connectivity index (χ4v) is 3.05. The minimum atomic E-state index is 0.302. The van der Waals surface area contributed by atoms with E-state index in [1.165, 1.54) is 22.0 Å². The standard InChI is InChI=1S/C20H22ClN3/c21-13-20(22)23-12-6-9-17-15-24(14-16-7-2-1-3-8-16)19-11-5-4-10-18(17)19/h1-5,7-8,10-11,15H,6,9,12-14H2,(H2,22,23). The molecule has 0 aliphatic heterocycles. The summed E-state index contributed by atoms with van der Waals surface area (Å²) in [5, 5.41) is 1.32. The van der Waals surface area contributed by atoms with Crippen molar-refractivity contribution in [1.29, 1.82) is 0 Å². The number of amidine groups is 1. The number of nitrogens with two attached hydrogens (primary N) is 1. The number of aryl methyl sites for hydroxylation is 1. The molecule has 2 aromatic carbocycles. The summed E-state index contributed by atoms with van der Waals surface area (Å²) in [5.74, 6) is 0.819. The van der Waals surface area contributed by atoms with Gasteiger partial charge in [-0.2, -0.15) is 0 Å². The van der Waals surface area contributed by atoms with Gasteiger partial charge in [-0.05, 0) is 30.0 Å². The summed E-state index contributed by atoms with van der Waals surface area (Å²) < 4.78 is 2.33. The van der Waals surface area contributed by atoms with Gasteiger partial charge in [-0.25, -0.2) is 0 Å². The van der Waals surface area contributed by atoms with E-state index >= 15 is 0 Å². The molecule has 2 N–H and O–H groups in total. The van der Waals surface area contributed by atoms with Crippen LogP contribution in [-0.2, 0) is 13.0 Å². The smallest absolute Gasteiger partial charge is 0.109 e. The molecule has 4 heteroatoms. The maximum atomic E-state index is 5.65. The molecule has 0 aliphatic rings. The molecule has 0 atom stereocenters. The molecule has 0 unspecified atom stereocenters. The highest BCUT2D eigenvalue weighted by Gasteiger charge is 2.08. The van der Waals surface area contributed by atoms with Crippen molar-refractivity contribution in [2.45, 2.75) is 19.4 Å². The molecule has 1 aromatic heterocycles. The van der Waals surface area contributed by atoms with Crippen LogP contribution >= 0.6 is 11.6 Å². The average molecular weight is 340 g/mol. The van der Waals surface area contributed by atoms with Crippen molar-refractivity contribution in [2.75, 3.05) is 12.4 Å². The second-order valence-electron chi connectivity index (χ2n) is 5.90. The lowest BCUT2D eigenvalue weighted by Gasteiger charge is -2.05. The van der Waals surface area contributed by atoms with Crippen molar-refractivity contribution < 1.29 is 0 Å². The predicted octanol–water partition coefficient (Wildman–Crippen LogP) is 4.22. The third kappa shape index (κ3) is 3.98. The molecule has 0 amide bonds.